The van der Waals surface area contributed by atoms with Gasteiger partial charge in [-0.15, -0.1) is 0 Å². The summed E-state index contributed by atoms with van der Waals surface area (Å²) in [4.78, 5) is 0. The maximum Gasteiger partial charge on any atom is 0.0612 e. The molecule has 0 aliphatic carbocycles. The minimum atomic E-state index is -0.243. The molecular formula is C7H14O2. The van der Waals surface area contributed by atoms with Gasteiger partial charge in [0.2, 0.25) is 0 Å². The highest BCUT2D eigenvalue weighted by Gasteiger charge is 1.93. The lowest BCUT2D eigenvalue weighted by molar-refractivity contribution is 0.173. The van der Waals surface area contributed by atoms with Crippen LogP contribution >= 0.6 is 0 Å². The third-order valence-electron chi connectivity index (χ3n) is 1.15. The predicted molar refractivity (Wildman–Crippen MR) is 37.1 cm³/mol. The Hall–Kier alpha value is -0.340. The van der Waals surface area contributed by atoms with E-state index < -0.39 is 0 Å². The van der Waals surface area contributed by atoms with Crippen molar-refractivity contribution in [3.63, 3.8) is 0 Å². The van der Waals surface area contributed by atoms with E-state index in [9.17, 15) is 0 Å². The monoisotopic (exact) mass is 130 g/mol. The van der Waals surface area contributed by atoms with E-state index in [1.165, 1.54) is 0 Å². The van der Waals surface area contributed by atoms with Crippen LogP contribution in [0.5, 0.6) is 0 Å². The molecule has 0 aliphatic heterocycles. The average Bonchev–Trinajstić information content (AvgIpc) is 1.89. The average molecular weight is 130 g/mol. The molecule has 0 fully saturated rings. The molecule has 2 heteroatoms. The van der Waals surface area contributed by atoms with Crippen LogP contribution in [-0.4, -0.2) is 22.9 Å². The Morgan fingerprint density at radius 1 is 1.44 bits per heavy atom. The van der Waals surface area contributed by atoms with E-state index in [4.69, 9.17) is 10.2 Å². The summed E-state index contributed by atoms with van der Waals surface area (Å²) in [5.41, 5.74) is 0. The smallest absolute Gasteiger partial charge is 0.0612 e. The van der Waals surface area contributed by atoms with Crippen molar-refractivity contribution in [2.45, 2.75) is 25.9 Å². The van der Waals surface area contributed by atoms with Gasteiger partial charge in [0.15, 0.2) is 0 Å². The van der Waals surface area contributed by atoms with Crippen molar-refractivity contribution in [2.75, 3.05) is 6.61 Å². The molecule has 0 aliphatic rings. The van der Waals surface area contributed by atoms with E-state index in [0.29, 0.717) is 6.42 Å². The largest absolute Gasteiger partial charge is 0.393 e. The third kappa shape index (κ3) is 5.53. The molecule has 0 bridgehead atoms. The highest BCUT2D eigenvalue weighted by Crippen LogP contribution is 1.96. The van der Waals surface area contributed by atoms with Crippen molar-refractivity contribution < 1.29 is 10.2 Å². The molecule has 0 radical (unpaired) electrons. The molecule has 0 heterocycles. The Morgan fingerprint density at radius 2 is 2.11 bits per heavy atom. The fraction of sp³-hybridized carbons (Fsp3) is 0.714. The Morgan fingerprint density at radius 3 is 2.56 bits per heavy atom. The molecule has 0 spiro atoms. The van der Waals surface area contributed by atoms with Crippen LogP contribution in [0.4, 0.5) is 0 Å². The van der Waals surface area contributed by atoms with Gasteiger partial charge in [-0.1, -0.05) is 19.1 Å². The van der Waals surface area contributed by atoms with E-state index in [2.05, 4.69) is 0 Å². The van der Waals surface area contributed by atoms with Crippen LogP contribution in [0.25, 0.3) is 0 Å². The number of aliphatic hydroxyl groups excluding tert-OH is 2. The summed E-state index contributed by atoms with van der Waals surface area (Å²) in [7, 11) is 0. The van der Waals surface area contributed by atoms with Gasteiger partial charge in [0.25, 0.3) is 0 Å². The summed E-state index contributed by atoms with van der Waals surface area (Å²) in [5.74, 6) is 0. The van der Waals surface area contributed by atoms with Gasteiger partial charge in [-0.05, 0) is 12.8 Å². The molecular weight excluding hydrogens is 116 g/mol. The van der Waals surface area contributed by atoms with Crippen molar-refractivity contribution in [1.82, 2.24) is 0 Å². The molecule has 0 saturated carbocycles. The minimum Gasteiger partial charge on any atom is -0.393 e. The van der Waals surface area contributed by atoms with Crippen LogP contribution in [0.15, 0.2) is 12.2 Å². The molecule has 0 amide bonds. The zero-order valence-corrected chi connectivity index (χ0v) is 5.75. The van der Waals surface area contributed by atoms with Crippen molar-refractivity contribution in [3.8, 4) is 0 Å². The van der Waals surface area contributed by atoms with Gasteiger partial charge < -0.3 is 10.2 Å². The fourth-order valence-corrected chi connectivity index (χ4v) is 0.495. The number of aliphatic hydroxyl groups is 2. The van der Waals surface area contributed by atoms with E-state index in [1.54, 1.807) is 12.2 Å². The van der Waals surface area contributed by atoms with Crippen LogP contribution in [-0.2, 0) is 0 Å². The van der Waals surface area contributed by atoms with Crippen molar-refractivity contribution in [2.24, 2.45) is 0 Å². The van der Waals surface area contributed by atoms with Crippen molar-refractivity contribution in [1.29, 1.82) is 0 Å². The molecule has 9 heavy (non-hydrogen) atoms. The Labute approximate surface area is 55.8 Å². The first-order valence-electron chi connectivity index (χ1n) is 3.25. The van der Waals surface area contributed by atoms with Crippen molar-refractivity contribution >= 4 is 0 Å². The molecule has 1 atom stereocenters. The lowest BCUT2D eigenvalue weighted by Crippen LogP contribution is -2.01. The quantitative estimate of drug-likeness (QED) is 0.550. The second-order valence-electron chi connectivity index (χ2n) is 1.95. The molecule has 54 valence electrons. The van der Waals surface area contributed by atoms with Gasteiger partial charge in [-0.2, -0.15) is 0 Å². The van der Waals surface area contributed by atoms with Crippen LogP contribution < -0.4 is 0 Å². The number of hydrogen-bond donors (Lipinski definition) is 2. The SMILES string of the molecule is CCC(O)CC=CCO. The van der Waals surface area contributed by atoms with Crippen molar-refractivity contribution in [3.05, 3.63) is 12.2 Å². The standard InChI is InChI=1S/C7H14O2/c1-2-7(9)5-3-4-6-8/h3-4,7-9H,2,5-6H2,1H3. The number of hydrogen-bond acceptors (Lipinski definition) is 2. The Balaban J connectivity index is 3.15. The second-order valence-corrected chi connectivity index (χ2v) is 1.95. The molecule has 0 saturated heterocycles. The maximum atomic E-state index is 8.95. The predicted octanol–water partition coefficient (Wildman–Crippen LogP) is 0.696. The van der Waals surface area contributed by atoms with Gasteiger partial charge in [-0.25, -0.2) is 0 Å². The summed E-state index contributed by atoms with van der Waals surface area (Å²) in [6.07, 6.45) is 4.60. The highest BCUT2D eigenvalue weighted by atomic mass is 16.3. The summed E-state index contributed by atoms with van der Waals surface area (Å²) in [5, 5.41) is 17.2. The first-order valence-corrected chi connectivity index (χ1v) is 3.25. The molecule has 0 rings (SSSR count). The van der Waals surface area contributed by atoms with Gasteiger partial charge >= 0.3 is 0 Å². The van der Waals surface area contributed by atoms with Crippen LogP contribution in [0.2, 0.25) is 0 Å². The topological polar surface area (TPSA) is 40.5 Å². The molecule has 0 aromatic rings. The Kier molecular flexibility index (Phi) is 5.57. The normalized spacial score (nSPS) is 14.6. The summed E-state index contributed by atoms with van der Waals surface area (Å²) in [6, 6.07) is 0. The summed E-state index contributed by atoms with van der Waals surface area (Å²) in [6.45, 7) is 1.99. The summed E-state index contributed by atoms with van der Waals surface area (Å²) < 4.78 is 0. The Bertz CT molecular complexity index is 79.0. The fourth-order valence-electron chi connectivity index (χ4n) is 0.495. The van der Waals surface area contributed by atoms with Crippen LogP contribution in [0, 0.1) is 0 Å². The molecule has 2 N–H and O–H groups in total. The first-order chi connectivity index (χ1) is 4.31. The van der Waals surface area contributed by atoms with Gasteiger partial charge in [-0.3, -0.25) is 0 Å². The van der Waals surface area contributed by atoms with Gasteiger partial charge in [0.1, 0.15) is 0 Å². The van der Waals surface area contributed by atoms with Crippen LogP contribution in [0.1, 0.15) is 19.8 Å². The third-order valence-corrected chi connectivity index (χ3v) is 1.15. The summed E-state index contributed by atoms with van der Waals surface area (Å²) >= 11 is 0. The second kappa shape index (κ2) is 5.79. The molecule has 0 aromatic carbocycles. The lowest BCUT2D eigenvalue weighted by atomic mass is 10.2. The maximum absolute atomic E-state index is 8.95. The van der Waals surface area contributed by atoms with E-state index in [-0.39, 0.29) is 12.7 Å². The van der Waals surface area contributed by atoms with E-state index in [0.717, 1.165) is 6.42 Å². The minimum absolute atomic E-state index is 0.0659. The lowest BCUT2D eigenvalue weighted by Gasteiger charge is -2.00. The van der Waals surface area contributed by atoms with Gasteiger partial charge in [0, 0.05) is 0 Å². The molecule has 1 unspecified atom stereocenters. The first kappa shape index (κ1) is 8.66. The van der Waals surface area contributed by atoms with Crippen LogP contribution in [0.3, 0.4) is 0 Å². The van der Waals surface area contributed by atoms with Gasteiger partial charge in [0.05, 0.1) is 12.7 Å². The van der Waals surface area contributed by atoms with E-state index in [1.807, 2.05) is 6.92 Å². The highest BCUT2D eigenvalue weighted by molar-refractivity contribution is 4.82. The zero-order valence-electron chi connectivity index (χ0n) is 5.75. The molecule has 0 aromatic heterocycles. The number of rotatable bonds is 4. The molecule has 2 nitrogen and oxygen atoms in total. The zero-order chi connectivity index (χ0) is 7.11. The van der Waals surface area contributed by atoms with E-state index >= 15 is 0 Å².